The maximum Gasteiger partial charge on any atom is 0.338 e. The quantitative estimate of drug-likeness (QED) is 0.524. The lowest BCUT2D eigenvalue weighted by Crippen LogP contribution is -2.32. The van der Waals surface area contributed by atoms with Gasteiger partial charge in [0.1, 0.15) is 10.7 Å². The van der Waals surface area contributed by atoms with Crippen LogP contribution in [0.1, 0.15) is 24.2 Å². The minimum Gasteiger partial charge on any atom is -0.459 e. The Morgan fingerprint density at radius 1 is 1.04 bits per heavy atom. The van der Waals surface area contributed by atoms with E-state index in [9.17, 15) is 14.4 Å². The monoisotopic (exact) mass is 462 g/mol. The zero-order valence-corrected chi connectivity index (χ0v) is 17.4. The standard InChI is InChI=1S/C20H16BrClN2O4/c1-11(2)28-20(27)12-3-9-15(10-4-12)24-18(25)16(22)17(19(24)26)23-14-7-5-13(21)6-8-14/h3-11,23H,1-2H3. The Morgan fingerprint density at radius 2 is 1.64 bits per heavy atom. The number of hydrogen-bond acceptors (Lipinski definition) is 5. The smallest absolute Gasteiger partial charge is 0.338 e. The molecule has 0 saturated carbocycles. The molecule has 0 unspecified atom stereocenters. The van der Waals surface area contributed by atoms with Gasteiger partial charge in [-0.15, -0.1) is 0 Å². The summed E-state index contributed by atoms with van der Waals surface area (Å²) >= 11 is 9.44. The summed E-state index contributed by atoms with van der Waals surface area (Å²) in [6, 6.07) is 13.1. The number of nitrogens with one attached hydrogen (secondary N) is 1. The molecule has 0 aromatic heterocycles. The highest BCUT2D eigenvalue weighted by molar-refractivity contribution is 9.10. The predicted molar refractivity (Wildman–Crippen MR) is 110 cm³/mol. The molecule has 0 fully saturated rings. The predicted octanol–water partition coefficient (Wildman–Crippen LogP) is 4.45. The van der Waals surface area contributed by atoms with E-state index in [1.165, 1.54) is 24.3 Å². The number of nitrogens with zero attached hydrogens (tertiary/aromatic N) is 1. The molecule has 1 N–H and O–H groups in total. The summed E-state index contributed by atoms with van der Waals surface area (Å²) < 4.78 is 6.00. The summed E-state index contributed by atoms with van der Waals surface area (Å²) in [5, 5.41) is 2.69. The van der Waals surface area contributed by atoms with Crippen molar-refractivity contribution in [2.45, 2.75) is 20.0 Å². The second kappa shape index (κ2) is 8.16. The van der Waals surface area contributed by atoms with Crippen molar-refractivity contribution in [3.05, 3.63) is 69.3 Å². The lowest BCUT2D eigenvalue weighted by Gasteiger charge is -2.16. The number of carbonyl (C=O) groups is 3. The number of esters is 1. The molecule has 2 amide bonds. The number of hydrogen-bond donors (Lipinski definition) is 1. The van der Waals surface area contributed by atoms with Gasteiger partial charge in [-0.3, -0.25) is 9.59 Å². The van der Waals surface area contributed by atoms with Crippen LogP contribution in [-0.2, 0) is 14.3 Å². The average Bonchev–Trinajstić information content (AvgIpc) is 2.86. The van der Waals surface area contributed by atoms with Gasteiger partial charge in [-0.25, -0.2) is 9.69 Å². The lowest BCUT2D eigenvalue weighted by atomic mass is 10.2. The van der Waals surface area contributed by atoms with E-state index < -0.39 is 17.8 Å². The Labute approximate surface area is 175 Å². The molecule has 0 spiro atoms. The molecule has 0 atom stereocenters. The summed E-state index contributed by atoms with van der Waals surface area (Å²) in [5.41, 5.74) is 1.24. The van der Waals surface area contributed by atoms with Crippen LogP contribution in [0.25, 0.3) is 0 Å². The Balaban J connectivity index is 1.81. The number of anilines is 2. The SMILES string of the molecule is CC(C)OC(=O)c1ccc(N2C(=O)C(Cl)=C(Nc3ccc(Br)cc3)C2=O)cc1. The minimum atomic E-state index is -0.635. The number of rotatable bonds is 5. The number of ether oxygens (including phenoxy) is 1. The van der Waals surface area contributed by atoms with Crippen LogP contribution >= 0.6 is 27.5 Å². The van der Waals surface area contributed by atoms with Gasteiger partial charge in [-0.05, 0) is 62.4 Å². The highest BCUT2D eigenvalue weighted by atomic mass is 79.9. The van der Waals surface area contributed by atoms with Gasteiger partial charge < -0.3 is 10.1 Å². The maximum absolute atomic E-state index is 12.8. The van der Waals surface area contributed by atoms with Crippen LogP contribution in [0.5, 0.6) is 0 Å². The van der Waals surface area contributed by atoms with E-state index >= 15 is 0 Å². The van der Waals surface area contributed by atoms with Gasteiger partial charge in [-0.2, -0.15) is 0 Å². The number of benzene rings is 2. The third-order valence-corrected chi connectivity index (χ3v) is 4.72. The van der Waals surface area contributed by atoms with Gasteiger partial charge in [0.2, 0.25) is 0 Å². The van der Waals surface area contributed by atoms with Crippen LogP contribution in [0, 0.1) is 0 Å². The fourth-order valence-electron chi connectivity index (χ4n) is 2.55. The van der Waals surface area contributed by atoms with Crippen LogP contribution in [0.4, 0.5) is 11.4 Å². The second-order valence-corrected chi connectivity index (χ2v) is 7.56. The van der Waals surface area contributed by atoms with E-state index in [1.54, 1.807) is 38.1 Å². The molecule has 2 aromatic rings. The molecule has 0 saturated heterocycles. The van der Waals surface area contributed by atoms with Crippen LogP contribution in [0.15, 0.2) is 63.7 Å². The van der Waals surface area contributed by atoms with E-state index in [0.29, 0.717) is 16.9 Å². The molecule has 0 aliphatic carbocycles. The van der Waals surface area contributed by atoms with E-state index in [4.69, 9.17) is 16.3 Å². The van der Waals surface area contributed by atoms with Gasteiger partial charge in [0.25, 0.3) is 11.8 Å². The van der Waals surface area contributed by atoms with E-state index in [0.717, 1.165) is 9.37 Å². The van der Waals surface area contributed by atoms with Crippen molar-refractivity contribution in [3.8, 4) is 0 Å². The molecule has 1 heterocycles. The molecule has 0 bridgehead atoms. The van der Waals surface area contributed by atoms with Gasteiger partial charge in [-0.1, -0.05) is 27.5 Å². The Kier molecular flexibility index (Phi) is 5.86. The zero-order valence-electron chi connectivity index (χ0n) is 15.0. The van der Waals surface area contributed by atoms with Crippen LogP contribution in [0.2, 0.25) is 0 Å². The normalized spacial score (nSPS) is 14.1. The number of imide groups is 1. The van der Waals surface area contributed by atoms with Gasteiger partial charge in [0.05, 0.1) is 17.4 Å². The third kappa shape index (κ3) is 4.10. The van der Waals surface area contributed by atoms with E-state index in [2.05, 4.69) is 21.2 Å². The van der Waals surface area contributed by atoms with Gasteiger partial charge >= 0.3 is 5.97 Å². The molecule has 1 aliphatic heterocycles. The molecule has 144 valence electrons. The molecule has 6 nitrogen and oxygen atoms in total. The minimum absolute atomic E-state index is 0.00252. The Morgan fingerprint density at radius 3 is 2.21 bits per heavy atom. The van der Waals surface area contributed by atoms with Crippen molar-refractivity contribution >= 4 is 56.7 Å². The van der Waals surface area contributed by atoms with E-state index in [1.807, 2.05) is 0 Å². The summed E-state index contributed by atoms with van der Waals surface area (Å²) in [7, 11) is 0. The fraction of sp³-hybridized carbons (Fsp3) is 0.150. The maximum atomic E-state index is 12.8. The fourth-order valence-corrected chi connectivity index (χ4v) is 3.03. The molecular weight excluding hydrogens is 448 g/mol. The number of halogens is 2. The summed E-state index contributed by atoms with van der Waals surface area (Å²) in [4.78, 5) is 38.2. The molecule has 28 heavy (non-hydrogen) atoms. The molecule has 1 aliphatic rings. The first-order valence-electron chi connectivity index (χ1n) is 8.40. The summed E-state index contributed by atoms with van der Waals surface area (Å²) in [5.74, 6) is -1.69. The molecule has 3 rings (SSSR count). The average molecular weight is 464 g/mol. The molecular formula is C20H16BrClN2O4. The summed E-state index contributed by atoms with van der Waals surface area (Å²) in [6.07, 6.45) is -0.246. The van der Waals surface area contributed by atoms with Crippen LogP contribution < -0.4 is 10.2 Å². The summed E-state index contributed by atoms with van der Waals surface area (Å²) in [6.45, 7) is 3.50. The van der Waals surface area contributed by atoms with Crippen molar-refractivity contribution in [2.24, 2.45) is 0 Å². The second-order valence-electron chi connectivity index (χ2n) is 6.27. The first kappa shape index (κ1) is 20.1. The topological polar surface area (TPSA) is 75.7 Å². The van der Waals surface area contributed by atoms with Crippen LogP contribution in [-0.4, -0.2) is 23.9 Å². The molecule has 8 heteroatoms. The van der Waals surface area contributed by atoms with Gasteiger partial charge in [0.15, 0.2) is 0 Å². The first-order chi connectivity index (χ1) is 13.3. The third-order valence-electron chi connectivity index (χ3n) is 3.84. The van der Waals surface area contributed by atoms with Crippen molar-refractivity contribution in [1.82, 2.24) is 0 Å². The highest BCUT2D eigenvalue weighted by Crippen LogP contribution is 2.30. The highest BCUT2D eigenvalue weighted by Gasteiger charge is 2.39. The first-order valence-corrected chi connectivity index (χ1v) is 9.57. The largest absolute Gasteiger partial charge is 0.459 e. The van der Waals surface area contributed by atoms with Crippen LogP contribution in [0.3, 0.4) is 0 Å². The number of carbonyl (C=O) groups excluding carboxylic acids is 3. The lowest BCUT2D eigenvalue weighted by molar-refractivity contribution is -0.120. The van der Waals surface area contributed by atoms with Crippen molar-refractivity contribution in [3.63, 3.8) is 0 Å². The Hall–Kier alpha value is -2.64. The number of amides is 2. The van der Waals surface area contributed by atoms with Crippen molar-refractivity contribution in [2.75, 3.05) is 10.2 Å². The van der Waals surface area contributed by atoms with Gasteiger partial charge in [0, 0.05) is 10.2 Å². The van der Waals surface area contributed by atoms with Crippen molar-refractivity contribution in [1.29, 1.82) is 0 Å². The zero-order chi connectivity index (χ0) is 20.4. The van der Waals surface area contributed by atoms with Crippen molar-refractivity contribution < 1.29 is 19.1 Å². The Bertz CT molecular complexity index is 969. The molecule has 0 radical (unpaired) electrons. The molecule has 2 aromatic carbocycles. The van der Waals surface area contributed by atoms with E-state index in [-0.39, 0.29) is 16.8 Å².